The maximum atomic E-state index is 13.5. The van der Waals surface area contributed by atoms with Gasteiger partial charge in [-0.3, -0.25) is 9.59 Å². The normalized spacial score (nSPS) is 11.6. The highest BCUT2D eigenvalue weighted by Gasteiger charge is 2.29. The van der Waals surface area contributed by atoms with Gasteiger partial charge in [-0.05, 0) is 35.7 Å². The van der Waals surface area contributed by atoms with E-state index in [0.717, 1.165) is 22.3 Å². The molecule has 0 saturated heterocycles. The maximum Gasteiger partial charge on any atom is 0.242 e. The minimum atomic E-state index is -0.654. The lowest BCUT2D eigenvalue weighted by Gasteiger charge is -2.31. The lowest BCUT2D eigenvalue weighted by molar-refractivity contribution is -0.140. The summed E-state index contributed by atoms with van der Waals surface area (Å²) < 4.78 is 0. The van der Waals surface area contributed by atoms with E-state index in [1.165, 1.54) is 0 Å². The molecule has 1 N–H and O–H groups in total. The predicted octanol–water partition coefficient (Wildman–Crippen LogP) is 5.23. The molecule has 0 fully saturated rings. The average molecular weight is 469 g/mol. The summed E-state index contributed by atoms with van der Waals surface area (Å²) in [6.45, 7) is 2.34. The molecule has 166 valence electrons. The van der Waals surface area contributed by atoms with Crippen molar-refractivity contribution in [1.29, 1.82) is 0 Å². The van der Waals surface area contributed by atoms with Gasteiger partial charge in [0, 0.05) is 20.0 Å². The van der Waals surface area contributed by atoms with Gasteiger partial charge in [0.05, 0.1) is 16.5 Å². The number of hydrogen-bond donors (Lipinski definition) is 1. The number of nitrogens with zero attached hydrogens (tertiary/aromatic N) is 1. The van der Waals surface area contributed by atoms with Gasteiger partial charge in [-0.1, -0.05) is 89.4 Å². The molecule has 4 nitrogen and oxygen atoms in total. The van der Waals surface area contributed by atoms with Crippen molar-refractivity contribution in [3.05, 3.63) is 105 Å². The maximum absolute atomic E-state index is 13.5. The molecule has 0 aliphatic rings. The van der Waals surface area contributed by atoms with Gasteiger partial charge in [0.2, 0.25) is 11.8 Å². The van der Waals surface area contributed by atoms with Crippen LogP contribution in [0.4, 0.5) is 0 Å². The molecule has 1 atom stereocenters. The first-order chi connectivity index (χ1) is 15.4. The van der Waals surface area contributed by atoms with E-state index in [-0.39, 0.29) is 18.2 Å². The first-order valence-electron chi connectivity index (χ1n) is 10.4. The van der Waals surface area contributed by atoms with Crippen LogP contribution in [0, 0.1) is 6.92 Å². The predicted molar refractivity (Wildman–Crippen MR) is 130 cm³/mol. The summed E-state index contributed by atoms with van der Waals surface area (Å²) in [6, 6.07) is 22.2. The first-order valence-corrected chi connectivity index (χ1v) is 11.2. The van der Waals surface area contributed by atoms with Gasteiger partial charge in [-0.2, -0.15) is 0 Å². The average Bonchev–Trinajstić information content (AvgIpc) is 2.80. The van der Waals surface area contributed by atoms with E-state index in [9.17, 15) is 9.59 Å². The highest BCUT2D eigenvalue weighted by molar-refractivity contribution is 6.42. The Morgan fingerprint density at radius 2 is 1.53 bits per heavy atom. The Morgan fingerprint density at radius 1 is 0.875 bits per heavy atom. The number of nitrogens with one attached hydrogen (secondary N) is 1. The van der Waals surface area contributed by atoms with E-state index in [4.69, 9.17) is 23.2 Å². The molecule has 0 unspecified atom stereocenters. The summed E-state index contributed by atoms with van der Waals surface area (Å²) >= 11 is 12.2. The van der Waals surface area contributed by atoms with Gasteiger partial charge in [-0.25, -0.2) is 0 Å². The fourth-order valence-electron chi connectivity index (χ4n) is 3.54. The summed E-state index contributed by atoms with van der Waals surface area (Å²) in [4.78, 5) is 28.1. The largest absolute Gasteiger partial charge is 0.357 e. The lowest BCUT2D eigenvalue weighted by Crippen LogP contribution is -2.50. The Balaban J connectivity index is 1.93. The van der Waals surface area contributed by atoms with Crippen LogP contribution in [0.5, 0.6) is 0 Å². The molecule has 3 aromatic rings. The smallest absolute Gasteiger partial charge is 0.242 e. The number of aryl methyl sites for hydroxylation is 1. The number of amides is 2. The van der Waals surface area contributed by atoms with E-state index >= 15 is 0 Å². The Morgan fingerprint density at radius 3 is 2.16 bits per heavy atom. The van der Waals surface area contributed by atoms with Crippen LogP contribution in [0.1, 0.15) is 22.3 Å². The molecule has 0 aromatic heterocycles. The third kappa shape index (κ3) is 6.35. The van der Waals surface area contributed by atoms with Gasteiger partial charge in [-0.15, -0.1) is 0 Å². The molecule has 0 radical (unpaired) electrons. The minimum absolute atomic E-state index is 0.116. The molecule has 32 heavy (non-hydrogen) atoms. The fourth-order valence-corrected chi connectivity index (χ4v) is 3.86. The van der Waals surface area contributed by atoms with E-state index in [2.05, 4.69) is 5.32 Å². The molecule has 0 bridgehead atoms. The Labute approximate surface area is 199 Å². The van der Waals surface area contributed by atoms with Crippen molar-refractivity contribution >= 4 is 35.0 Å². The SMILES string of the molecule is CNC(=O)[C@@H](Cc1ccccc1)N(Cc1ccc(C)cc1)C(=O)Cc1ccc(Cl)c(Cl)c1. The number of benzene rings is 3. The van der Waals surface area contributed by atoms with Crippen molar-refractivity contribution in [2.75, 3.05) is 7.05 Å². The van der Waals surface area contributed by atoms with Crippen molar-refractivity contribution in [2.24, 2.45) is 0 Å². The Bertz CT molecular complexity index is 1070. The topological polar surface area (TPSA) is 49.4 Å². The second-order valence-electron chi connectivity index (χ2n) is 7.75. The highest BCUT2D eigenvalue weighted by atomic mass is 35.5. The fraction of sp³-hybridized carbons (Fsp3) is 0.231. The second-order valence-corrected chi connectivity index (χ2v) is 8.57. The third-order valence-corrected chi connectivity index (χ3v) is 6.07. The minimum Gasteiger partial charge on any atom is -0.357 e. The van der Waals surface area contributed by atoms with Crippen molar-refractivity contribution in [1.82, 2.24) is 10.2 Å². The van der Waals surface area contributed by atoms with Crippen molar-refractivity contribution in [2.45, 2.75) is 32.4 Å². The molecule has 0 heterocycles. The number of rotatable bonds is 8. The molecule has 3 rings (SSSR count). The van der Waals surface area contributed by atoms with Crippen LogP contribution < -0.4 is 5.32 Å². The summed E-state index contributed by atoms with van der Waals surface area (Å²) in [5.74, 6) is -0.364. The summed E-state index contributed by atoms with van der Waals surface area (Å²) in [5.41, 5.74) is 3.82. The number of likely N-dealkylation sites (N-methyl/N-ethyl adjacent to an activating group) is 1. The highest BCUT2D eigenvalue weighted by Crippen LogP contribution is 2.24. The van der Waals surface area contributed by atoms with Crippen LogP contribution in [0.15, 0.2) is 72.8 Å². The zero-order valence-corrected chi connectivity index (χ0v) is 19.7. The Hall–Kier alpha value is -2.82. The zero-order chi connectivity index (χ0) is 23.1. The molecular weight excluding hydrogens is 443 g/mol. The van der Waals surface area contributed by atoms with Gasteiger partial charge in [0.25, 0.3) is 0 Å². The lowest BCUT2D eigenvalue weighted by atomic mass is 10.0. The molecule has 0 aliphatic carbocycles. The van der Waals surface area contributed by atoms with Crippen LogP contribution in [-0.4, -0.2) is 29.8 Å². The van der Waals surface area contributed by atoms with E-state index < -0.39 is 6.04 Å². The summed E-state index contributed by atoms with van der Waals surface area (Å²) in [5, 5.41) is 3.56. The number of hydrogen-bond acceptors (Lipinski definition) is 2. The van der Waals surface area contributed by atoms with Crippen LogP contribution in [0.25, 0.3) is 0 Å². The zero-order valence-electron chi connectivity index (χ0n) is 18.1. The van der Waals surface area contributed by atoms with Crippen LogP contribution in [0.3, 0.4) is 0 Å². The molecular formula is C26H26Cl2N2O2. The van der Waals surface area contributed by atoms with Crippen LogP contribution in [0.2, 0.25) is 10.0 Å². The summed E-state index contributed by atoms with van der Waals surface area (Å²) in [7, 11) is 1.59. The summed E-state index contributed by atoms with van der Waals surface area (Å²) in [6.07, 6.45) is 0.532. The third-order valence-electron chi connectivity index (χ3n) is 5.33. The van der Waals surface area contributed by atoms with Crippen molar-refractivity contribution in [3.8, 4) is 0 Å². The van der Waals surface area contributed by atoms with Gasteiger partial charge in [0.15, 0.2) is 0 Å². The van der Waals surface area contributed by atoms with Crippen LogP contribution in [-0.2, 0) is 29.0 Å². The Kier molecular flexibility index (Phi) is 8.32. The molecule has 0 spiro atoms. The quantitative estimate of drug-likeness (QED) is 0.491. The van der Waals surface area contributed by atoms with Gasteiger partial charge < -0.3 is 10.2 Å². The van der Waals surface area contributed by atoms with Crippen molar-refractivity contribution < 1.29 is 9.59 Å². The number of carbonyl (C=O) groups excluding carboxylic acids is 2. The van der Waals surface area contributed by atoms with Gasteiger partial charge >= 0.3 is 0 Å². The van der Waals surface area contributed by atoms with E-state index in [1.54, 1.807) is 30.1 Å². The number of halogens is 2. The van der Waals surface area contributed by atoms with E-state index in [1.807, 2.05) is 61.5 Å². The van der Waals surface area contributed by atoms with E-state index in [0.29, 0.717) is 23.0 Å². The second kappa shape index (κ2) is 11.2. The molecule has 0 saturated carbocycles. The van der Waals surface area contributed by atoms with Gasteiger partial charge in [0.1, 0.15) is 6.04 Å². The monoisotopic (exact) mass is 468 g/mol. The molecule has 0 aliphatic heterocycles. The first kappa shape index (κ1) is 23.8. The molecule has 3 aromatic carbocycles. The molecule has 2 amide bonds. The van der Waals surface area contributed by atoms with Crippen molar-refractivity contribution in [3.63, 3.8) is 0 Å². The van der Waals surface area contributed by atoms with Crippen LogP contribution >= 0.6 is 23.2 Å². The standard InChI is InChI=1S/C26H26Cl2N2O2/c1-18-8-10-20(11-9-18)17-30(25(31)16-21-12-13-22(27)23(28)14-21)24(26(32)29-2)15-19-6-4-3-5-7-19/h3-14,24H,15-17H2,1-2H3,(H,29,32)/t24-/m1/s1. The number of carbonyl (C=O) groups is 2. The molecule has 6 heteroatoms.